The molecule has 0 aliphatic carbocycles. The number of hydrogen-bond acceptors (Lipinski definition) is 3. The summed E-state index contributed by atoms with van der Waals surface area (Å²) in [7, 11) is 0. The molecule has 0 saturated carbocycles. The van der Waals surface area contributed by atoms with Crippen molar-refractivity contribution in [2.24, 2.45) is 0 Å². The minimum atomic E-state index is 0.629. The zero-order valence-electron chi connectivity index (χ0n) is 26.1. The van der Waals surface area contributed by atoms with Crippen molar-refractivity contribution in [3.8, 4) is 33.7 Å². The summed E-state index contributed by atoms with van der Waals surface area (Å²) in [4.78, 5) is 7.11. The molecule has 0 unspecified atom stereocenters. The maximum absolute atomic E-state index is 6.35. The van der Waals surface area contributed by atoms with Crippen molar-refractivity contribution in [3.05, 3.63) is 182 Å². The van der Waals surface area contributed by atoms with Crippen molar-refractivity contribution in [1.29, 1.82) is 0 Å². The lowest BCUT2D eigenvalue weighted by Crippen LogP contribution is -2.09. The van der Waals surface area contributed by atoms with Crippen LogP contribution in [0.2, 0.25) is 0 Å². The molecule has 48 heavy (non-hydrogen) atoms. The maximum atomic E-state index is 6.35. The molecule has 226 valence electrons. The number of fused-ring (bicyclic) bond motifs is 3. The number of para-hydroxylation sites is 1. The fourth-order valence-corrected chi connectivity index (χ4v) is 6.70. The topological polar surface area (TPSA) is 29.3 Å². The van der Waals surface area contributed by atoms with Crippen LogP contribution < -0.4 is 4.90 Å². The molecule has 9 rings (SSSR count). The molecule has 0 aliphatic rings. The molecule has 3 nitrogen and oxygen atoms in total. The highest BCUT2D eigenvalue weighted by Gasteiger charge is 2.16. The first-order valence-electron chi connectivity index (χ1n) is 16.2. The molecule has 0 atom stereocenters. The second kappa shape index (κ2) is 11.7. The van der Waals surface area contributed by atoms with E-state index in [1.165, 1.54) is 32.7 Å². The number of oxazole rings is 1. The molecule has 0 aliphatic heterocycles. The third kappa shape index (κ3) is 4.99. The Morgan fingerprint density at radius 2 is 0.979 bits per heavy atom. The van der Waals surface area contributed by atoms with E-state index < -0.39 is 0 Å². The Morgan fingerprint density at radius 1 is 0.396 bits per heavy atom. The lowest BCUT2D eigenvalue weighted by atomic mass is 9.98. The molecule has 9 aromatic rings. The highest BCUT2D eigenvalue weighted by atomic mass is 16.3. The van der Waals surface area contributed by atoms with Gasteiger partial charge < -0.3 is 9.32 Å². The summed E-state index contributed by atoms with van der Waals surface area (Å²) in [5.74, 6) is 0.629. The van der Waals surface area contributed by atoms with Crippen LogP contribution in [0, 0.1) is 0 Å². The summed E-state index contributed by atoms with van der Waals surface area (Å²) in [6.07, 6.45) is 0. The van der Waals surface area contributed by atoms with Crippen LogP contribution >= 0.6 is 0 Å². The van der Waals surface area contributed by atoms with Gasteiger partial charge in [-0.15, -0.1) is 0 Å². The van der Waals surface area contributed by atoms with E-state index in [0.717, 1.165) is 44.9 Å². The predicted molar refractivity (Wildman–Crippen MR) is 200 cm³/mol. The normalized spacial score (nSPS) is 11.3. The molecule has 8 aromatic carbocycles. The van der Waals surface area contributed by atoms with Gasteiger partial charge in [0.2, 0.25) is 5.89 Å². The van der Waals surface area contributed by atoms with E-state index in [4.69, 9.17) is 9.40 Å². The van der Waals surface area contributed by atoms with Gasteiger partial charge in [-0.05, 0) is 92.8 Å². The van der Waals surface area contributed by atoms with Crippen LogP contribution in [0.3, 0.4) is 0 Å². The quantitative estimate of drug-likeness (QED) is 0.187. The predicted octanol–water partition coefficient (Wildman–Crippen LogP) is 12.6. The van der Waals surface area contributed by atoms with Gasteiger partial charge in [0, 0.05) is 28.2 Å². The summed E-state index contributed by atoms with van der Waals surface area (Å²) in [6.45, 7) is 0. The minimum Gasteiger partial charge on any atom is -0.435 e. The van der Waals surface area contributed by atoms with E-state index in [0.29, 0.717) is 5.89 Å². The van der Waals surface area contributed by atoms with Crippen LogP contribution in [0.15, 0.2) is 186 Å². The number of rotatable bonds is 6. The van der Waals surface area contributed by atoms with Crippen molar-refractivity contribution in [2.45, 2.75) is 0 Å². The van der Waals surface area contributed by atoms with Crippen molar-refractivity contribution >= 4 is 49.7 Å². The lowest BCUT2D eigenvalue weighted by molar-refractivity contribution is 0.621. The highest BCUT2D eigenvalue weighted by molar-refractivity contribution is 5.97. The molecule has 3 heteroatoms. The largest absolute Gasteiger partial charge is 0.435 e. The molecule has 0 radical (unpaired) electrons. The van der Waals surface area contributed by atoms with E-state index >= 15 is 0 Å². The molecule has 0 N–H and O–H groups in total. The average molecular weight is 615 g/mol. The minimum absolute atomic E-state index is 0.629. The first-order valence-corrected chi connectivity index (χ1v) is 16.2. The van der Waals surface area contributed by atoms with Gasteiger partial charge in [-0.3, -0.25) is 0 Å². The number of aromatic nitrogens is 1. The molecule has 0 amide bonds. The number of hydrogen-bond donors (Lipinski definition) is 0. The van der Waals surface area contributed by atoms with E-state index in [1.807, 2.05) is 42.5 Å². The van der Waals surface area contributed by atoms with E-state index in [2.05, 4.69) is 144 Å². The number of benzene rings is 8. The molecule has 0 bridgehead atoms. The second-order valence-electron chi connectivity index (χ2n) is 12.0. The first kappa shape index (κ1) is 27.8. The maximum Gasteiger partial charge on any atom is 0.227 e. The monoisotopic (exact) mass is 614 g/mol. The van der Waals surface area contributed by atoms with E-state index in [1.54, 1.807) is 0 Å². The van der Waals surface area contributed by atoms with Crippen molar-refractivity contribution in [2.75, 3.05) is 4.90 Å². The Hall–Kier alpha value is -6.45. The molecule has 1 heterocycles. The van der Waals surface area contributed by atoms with Crippen LogP contribution in [0.25, 0.3) is 66.4 Å². The standard InChI is InChI=1S/C45H30N2O/c1-2-12-35(13-3-1)45-46-43-19-9-18-42(44(43)48-45)34-23-27-38(28-24-34)47(39-29-20-31-10-4-5-14-36(31)30-39)37-25-21-33(22-26-37)41-17-8-15-32-11-6-7-16-40(32)41/h1-30H. The molecule has 0 fully saturated rings. The Balaban J connectivity index is 1.12. The first-order chi connectivity index (χ1) is 23.8. The van der Waals surface area contributed by atoms with Gasteiger partial charge in [0.1, 0.15) is 5.52 Å². The second-order valence-corrected chi connectivity index (χ2v) is 12.0. The van der Waals surface area contributed by atoms with Crippen molar-refractivity contribution < 1.29 is 4.42 Å². The van der Waals surface area contributed by atoms with Gasteiger partial charge in [-0.2, -0.15) is 0 Å². The Morgan fingerprint density at radius 3 is 1.75 bits per heavy atom. The molecular formula is C45H30N2O. The Bertz CT molecular complexity index is 2540. The van der Waals surface area contributed by atoms with E-state index in [-0.39, 0.29) is 0 Å². The summed E-state index contributed by atoms with van der Waals surface area (Å²) >= 11 is 0. The van der Waals surface area contributed by atoms with Crippen LogP contribution in [0.5, 0.6) is 0 Å². The van der Waals surface area contributed by atoms with Crippen molar-refractivity contribution in [3.63, 3.8) is 0 Å². The molecule has 0 saturated heterocycles. The molecule has 0 spiro atoms. The summed E-state index contributed by atoms with van der Waals surface area (Å²) in [6, 6.07) is 64.1. The highest BCUT2D eigenvalue weighted by Crippen LogP contribution is 2.40. The molecule has 1 aromatic heterocycles. The summed E-state index contributed by atoms with van der Waals surface area (Å²) in [5, 5.41) is 4.93. The zero-order valence-corrected chi connectivity index (χ0v) is 26.1. The van der Waals surface area contributed by atoms with Gasteiger partial charge in [0.15, 0.2) is 5.58 Å². The van der Waals surface area contributed by atoms with Gasteiger partial charge >= 0.3 is 0 Å². The zero-order chi connectivity index (χ0) is 31.9. The van der Waals surface area contributed by atoms with E-state index in [9.17, 15) is 0 Å². The summed E-state index contributed by atoms with van der Waals surface area (Å²) in [5.41, 5.74) is 10.4. The number of anilines is 3. The van der Waals surface area contributed by atoms with Gasteiger partial charge in [-0.1, -0.05) is 127 Å². The Kier molecular flexibility index (Phi) is 6.80. The van der Waals surface area contributed by atoms with Crippen LogP contribution in [0.4, 0.5) is 17.1 Å². The van der Waals surface area contributed by atoms with Crippen LogP contribution in [0.1, 0.15) is 0 Å². The SMILES string of the molecule is c1ccc(-c2nc3cccc(-c4ccc(N(c5ccc(-c6cccc7ccccc67)cc5)c5ccc6ccccc6c5)cc4)c3o2)cc1. The molecular weight excluding hydrogens is 585 g/mol. The van der Waals surface area contributed by atoms with Crippen LogP contribution in [-0.2, 0) is 0 Å². The smallest absolute Gasteiger partial charge is 0.227 e. The van der Waals surface area contributed by atoms with Crippen LogP contribution in [-0.4, -0.2) is 4.98 Å². The number of nitrogens with zero attached hydrogens (tertiary/aromatic N) is 2. The van der Waals surface area contributed by atoms with Gasteiger partial charge in [0.25, 0.3) is 0 Å². The van der Waals surface area contributed by atoms with Gasteiger partial charge in [-0.25, -0.2) is 4.98 Å². The lowest BCUT2D eigenvalue weighted by Gasteiger charge is -2.26. The fraction of sp³-hybridized carbons (Fsp3) is 0. The fourth-order valence-electron chi connectivity index (χ4n) is 6.70. The van der Waals surface area contributed by atoms with Crippen molar-refractivity contribution in [1.82, 2.24) is 4.98 Å². The third-order valence-corrected chi connectivity index (χ3v) is 9.09. The average Bonchev–Trinajstić information content (AvgIpc) is 3.61. The van der Waals surface area contributed by atoms with Gasteiger partial charge in [0.05, 0.1) is 0 Å². The third-order valence-electron chi connectivity index (χ3n) is 9.09. The summed E-state index contributed by atoms with van der Waals surface area (Å²) < 4.78 is 6.35. The Labute approximate surface area is 279 Å².